The van der Waals surface area contributed by atoms with E-state index in [0.717, 1.165) is 12.3 Å². The van der Waals surface area contributed by atoms with E-state index in [9.17, 15) is 27.6 Å². The lowest BCUT2D eigenvalue weighted by Gasteiger charge is -2.12. The number of nitrogens with one attached hydrogen (secondary N) is 1. The average Bonchev–Trinajstić information content (AvgIpc) is 2.57. The molecule has 0 saturated carbocycles. The second kappa shape index (κ2) is 7.61. The molecule has 6 nitrogen and oxygen atoms in total. The maximum atomic E-state index is 12.7. The van der Waals surface area contributed by atoms with Crippen molar-refractivity contribution in [1.29, 1.82) is 0 Å². The van der Waals surface area contributed by atoms with Gasteiger partial charge in [-0.15, -0.1) is 0 Å². The molecule has 1 aromatic heterocycles. The predicted octanol–water partition coefficient (Wildman–Crippen LogP) is 2.95. The van der Waals surface area contributed by atoms with E-state index in [0.29, 0.717) is 10.6 Å². The molecule has 1 amide bonds. The second-order valence-corrected chi connectivity index (χ2v) is 5.49. The molecule has 0 unspecified atom stereocenters. The Kier molecular flexibility index (Phi) is 5.71. The van der Waals surface area contributed by atoms with Crippen molar-refractivity contribution in [3.8, 4) is 0 Å². The van der Waals surface area contributed by atoms with Crippen LogP contribution >= 0.6 is 11.6 Å². The fourth-order valence-corrected chi connectivity index (χ4v) is 2.25. The van der Waals surface area contributed by atoms with Crippen molar-refractivity contribution in [1.82, 2.24) is 4.57 Å². The number of carbonyl (C=O) groups excluding carboxylic acids is 2. The zero-order chi connectivity index (χ0) is 19.5. The summed E-state index contributed by atoms with van der Waals surface area (Å²) < 4.78 is 43.4. The Balaban J connectivity index is 2.23. The molecule has 0 aliphatic heterocycles. The minimum Gasteiger partial charge on any atom is -0.465 e. The topological polar surface area (TPSA) is 77.4 Å². The van der Waals surface area contributed by atoms with Gasteiger partial charge in [0.05, 0.1) is 23.4 Å². The number of pyridine rings is 1. The van der Waals surface area contributed by atoms with Gasteiger partial charge in [-0.25, -0.2) is 4.79 Å². The van der Waals surface area contributed by atoms with Crippen LogP contribution in [0.25, 0.3) is 0 Å². The first-order valence-corrected chi connectivity index (χ1v) is 7.45. The maximum absolute atomic E-state index is 12.7. The first kappa shape index (κ1) is 19.5. The highest BCUT2D eigenvalue weighted by atomic mass is 35.5. The number of benzene rings is 1. The molecule has 1 N–H and O–H groups in total. The van der Waals surface area contributed by atoms with Crippen molar-refractivity contribution in [3.05, 3.63) is 63.0 Å². The van der Waals surface area contributed by atoms with Crippen molar-refractivity contribution in [3.63, 3.8) is 0 Å². The van der Waals surface area contributed by atoms with E-state index in [1.807, 2.05) is 0 Å². The number of amides is 1. The van der Waals surface area contributed by atoms with Crippen molar-refractivity contribution in [2.24, 2.45) is 0 Å². The summed E-state index contributed by atoms with van der Waals surface area (Å²) in [6, 6.07) is 5.62. The van der Waals surface area contributed by atoms with E-state index in [2.05, 4.69) is 10.1 Å². The van der Waals surface area contributed by atoms with Gasteiger partial charge >= 0.3 is 12.1 Å². The molecule has 0 saturated heterocycles. The highest BCUT2D eigenvalue weighted by Crippen LogP contribution is 2.26. The molecule has 1 aromatic carbocycles. The van der Waals surface area contributed by atoms with Gasteiger partial charge in [0.2, 0.25) is 5.91 Å². The van der Waals surface area contributed by atoms with Gasteiger partial charge in [-0.2, -0.15) is 13.2 Å². The molecule has 0 fully saturated rings. The monoisotopic (exact) mass is 388 g/mol. The second-order valence-electron chi connectivity index (χ2n) is 5.09. The van der Waals surface area contributed by atoms with Crippen LogP contribution in [0.1, 0.15) is 15.9 Å². The van der Waals surface area contributed by atoms with Gasteiger partial charge in [-0.3, -0.25) is 9.59 Å². The van der Waals surface area contributed by atoms with E-state index < -0.39 is 35.7 Å². The van der Waals surface area contributed by atoms with Gasteiger partial charge in [0, 0.05) is 6.20 Å². The van der Waals surface area contributed by atoms with Gasteiger partial charge in [0.25, 0.3) is 5.56 Å². The van der Waals surface area contributed by atoms with Crippen LogP contribution in [-0.2, 0) is 22.3 Å². The number of esters is 1. The Morgan fingerprint density at radius 1 is 1.27 bits per heavy atom. The molecule has 138 valence electrons. The Bertz CT molecular complexity index is 909. The number of carbonyl (C=O) groups is 2. The van der Waals surface area contributed by atoms with Crippen molar-refractivity contribution in [2.75, 3.05) is 12.4 Å². The molecule has 0 spiro atoms. The molecule has 0 atom stereocenters. The van der Waals surface area contributed by atoms with Crippen LogP contribution in [0.4, 0.5) is 18.9 Å². The number of alkyl halides is 3. The van der Waals surface area contributed by atoms with E-state index in [1.165, 1.54) is 25.3 Å². The molecular weight excluding hydrogens is 377 g/mol. The lowest BCUT2D eigenvalue weighted by molar-refractivity contribution is -0.139. The van der Waals surface area contributed by atoms with Crippen LogP contribution in [0.5, 0.6) is 0 Å². The van der Waals surface area contributed by atoms with E-state index in [4.69, 9.17) is 11.6 Å². The summed E-state index contributed by atoms with van der Waals surface area (Å²) in [6.45, 7) is -0.665. The molecule has 0 aliphatic carbocycles. The summed E-state index contributed by atoms with van der Waals surface area (Å²) in [4.78, 5) is 35.4. The standard InChI is InChI=1S/C16H12ClF3N2O4/c1-26-15(25)9-4-5-11(17)12(7-9)21-13(23)8-22-6-2-3-10(14(22)24)16(18,19)20/h2-7H,8H2,1H3,(H,21,23). The van der Waals surface area contributed by atoms with Crippen LogP contribution < -0.4 is 10.9 Å². The number of aromatic nitrogens is 1. The SMILES string of the molecule is COC(=O)c1ccc(Cl)c(NC(=O)Cn2cccc(C(F)(F)F)c2=O)c1. The van der Waals surface area contributed by atoms with E-state index in [-0.39, 0.29) is 16.3 Å². The lowest BCUT2D eigenvalue weighted by atomic mass is 10.2. The number of methoxy groups -OCH3 is 1. The predicted molar refractivity (Wildman–Crippen MR) is 87.1 cm³/mol. The molecule has 1 heterocycles. The Hall–Kier alpha value is -2.81. The van der Waals surface area contributed by atoms with E-state index in [1.54, 1.807) is 0 Å². The van der Waals surface area contributed by atoms with E-state index >= 15 is 0 Å². The van der Waals surface area contributed by atoms with Crippen LogP contribution in [-0.4, -0.2) is 23.6 Å². The zero-order valence-electron chi connectivity index (χ0n) is 13.3. The van der Waals surface area contributed by atoms with Gasteiger partial charge < -0.3 is 14.6 Å². The van der Waals surface area contributed by atoms with Crippen molar-refractivity contribution < 1.29 is 27.5 Å². The van der Waals surface area contributed by atoms with Crippen LogP contribution in [0.15, 0.2) is 41.3 Å². The quantitative estimate of drug-likeness (QED) is 0.817. The summed E-state index contributed by atoms with van der Waals surface area (Å²) in [5, 5.41) is 2.44. The first-order chi connectivity index (χ1) is 12.1. The van der Waals surface area contributed by atoms with Crippen LogP contribution in [0, 0.1) is 0 Å². The third kappa shape index (κ3) is 4.42. The molecule has 2 aromatic rings. The lowest BCUT2D eigenvalue weighted by Crippen LogP contribution is -2.32. The zero-order valence-corrected chi connectivity index (χ0v) is 14.0. The van der Waals surface area contributed by atoms with Crippen molar-refractivity contribution >= 4 is 29.2 Å². The van der Waals surface area contributed by atoms with Gasteiger partial charge in [0.1, 0.15) is 12.1 Å². The Labute approximate surface area is 150 Å². The molecule has 2 rings (SSSR count). The molecule has 26 heavy (non-hydrogen) atoms. The summed E-state index contributed by atoms with van der Waals surface area (Å²) >= 11 is 5.92. The third-order valence-corrected chi connectivity index (χ3v) is 3.63. The number of anilines is 1. The summed E-state index contributed by atoms with van der Waals surface area (Å²) in [5.74, 6) is -1.46. The van der Waals surface area contributed by atoms with Gasteiger partial charge in [-0.1, -0.05) is 11.6 Å². The number of hydrogen-bond acceptors (Lipinski definition) is 4. The Morgan fingerprint density at radius 2 is 1.96 bits per heavy atom. The van der Waals surface area contributed by atoms with Crippen LogP contribution in [0.2, 0.25) is 5.02 Å². The van der Waals surface area contributed by atoms with Crippen molar-refractivity contribution in [2.45, 2.75) is 12.7 Å². The fourth-order valence-electron chi connectivity index (χ4n) is 2.09. The number of hydrogen-bond donors (Lipinski definition) is 1. The van der Waals surface area contributed by atoms with Crippen LogP contribution in [0.3, 0.4) is 0 Å². The Morgan fingerprint density at radius 3 is 2.58 bits per heavy atom. The minimum absolute atomic E-state index is 0.0552. The minimum atomic E-state index is -4.82. The largest absolute Gasteiger partial charge is 0.465 e. The smallest absolute Gasteiger partial charge is 0.421 e. The highest BCUT2D eigenvalue weighted by molar-refractivity contribution is 6.33. The molecule has 0 bridgehead atoms. The number of nitrogens with zero attached hydrogens (tertiary/aromatic N) is 1. The highest BCUT2D eigenvalue weighted by Gasteiger charge is 2.34. The van der Waals surface area contributed by atoms with Gasteiger partial charge in [0.15, 0.2) is 0 Å². The number of ether oxygens (including phenoxy) is 1. The third-order valence-electron chi connectivity index (χ3n) is 3.30. The first-order valence-electron chi connectivity index (χ1n) is 7.08. The average molecular weight is 389 g/mol. The van der Waals surface area contributed by atoms with Gasteiger partial charge in [-0.05, 0) is 30.3 Å². The maximum Gasteiger partial charge on any atom is 0.421 e. The molecule has 0 radical (unpaired) electrons. The summed E-state index contributed by atoms with van der Waals surface area (Å²) in [5.41, 5.74) is -2.55. The summed E-state index contributed by atoms with van der Waals surface area (Å²) in [7, 11) is 1.18. The molecule has 0 aliphatic rings. The number of rotatable bonds is 4. The number of halogens is 4. The molecular formula is C16H12ClF3N2O4. The molecule has 10 heteroatoms. The fraction of sp³-hybridized carbons (Fsp3) is 0.188. The summed E-state index contributed by atoms with van der Waals surface area (Å²) in [6.07, 6.45) is -3.77. The normalized spacial score (nSPS) is 11.1.